The number of amides is 1. The number of nitrogens with zero attached hydrogens (tertiary/aromatic N) is 3. The van der Waals surface area contributed by atoms with Gasteiger partial charge in [0, 0.05) is 48.5 Å². The van der Waals surface area contributed by atoms with Crippen molar-refractivity contribution in [2.75, 3.05) is 53.6 Å². The van der Waals surface area contributed by atoms with Crippen LogP contribution in [0.2, 0.25) is 5.02 Å². The molecule has 2 aliphatic heterocycles. The van der Waals surface area contributed by atoms with Crippen molar-refractivity contribution in [2.24, 2.45) is 0 Å². The molecule has 0 saturated carbocycles. The van der Waals surface area contributed by atoms with Gasteiger partial charge in [0.25, 0.3) is 0 Å². The number of benzene rings is 2. The largest absolute Gasteiger partial charge is 0.493 e. The number of rotatable bonds is 8. The molecule has 0 spiro atoms. The molecule has 1 aromatic heterocycles. The molecule has 0 bridgehead atoms. The highest BCUT2D eigenvalue weighted by Gasteiger charge is 2.35. The van der Waals surface area contributed by atoms with Crippen LogP contribution in [0.3, 0.4) is 0 Å². The second kappa shape index (κ2) is 12.3. The molecule has 212 valence electrons. The number of carbonyl (C=O) groups excluding carboxylic acids is 2. The Kier molecular flexibility index (Phi) is 8.63. The summed E-state index contributed by atoms with van der Waals surface area (Å²) >= 11 is 6.48. The van der Waals surface area contributed by atoms with Gasteiger partial charge in [-0.3, -0.25) is 14.5 Å². The standard InChI is InChI=1S/C30H34ClN3O6/c1-4-39-28(36)19-32-13-15-33(16-14-32)27(35)18-26-24-8-6-12-34(24)23-11-10-20(31)17-22(23)29(40-26)21-7-5-9-25(37-2)30(21)38-3/h5-12,17,26,29H,4,13-16,18-19H2,1-3H3/t26-,29-/m0/s1. The average Bonchev–Trinajstić information content (AvgIpc) is 3.40. The number of aromatic nitrogens is 1. The molecule has 10 heteroatoms. The number of para-hydroxylation sites is 1. The molecule has 1 amide bonds. The first-order valence-electron chi connectivity index (χ1n) is 13.4. The van der Waals surface area contributed by atoms with E-state index in [4.69, 9.17) is 30.5 Å². The lowest BCUT2D eigenvalue weighted by molar-refractivity contribution is -0.145. The highest BCUT2D eigenvalue weighted by Crippen LogP contribution is 2.46. The van der Waals surface area contributed by atoms with Gasteiger partial charge in [-0.25, -0.2) is 0 Å². The molecule has 0 N–H and O–H groups in total. The van der Waals surface area contributed by atoms with Crippen molar-refractivity contribution in [2.45, 2.75) is 25.6 Å². The van der Waals surface area contributed by atoms with E-state index >= 15 is 0 Å². The van der Waals surface area contributed by atoms with Crippen LogP contribution in [0.1, 0.15) is 42.4 Å². The number of halogens is 1. The molecule has 0 aliphatic carbocycles. The van der Waals surface area contributed by atoms with E-state index < -0.39 is 12.2 Å². The van der Waals surface area contributed by atoms with Gasteiger partial charge in [0.05, 0.1) is 45.2 Å². The number of piperazine rings is 1. The first kappa shape index (κ1) is 28.0. The molecule has 2 aromatic carbocycles. The van der Waals surface area contributed by atoms with Crippen LogP contribution in [-0.2, 0) is 19.1 Å². The van der Waals surface area contributed by atoms with Crippen molar-refractivity contribution in [3.8, 4) is 17.2 Å². The van der Waals surface area contributed by atoms with E-state index in [1.807, 2.05) is 64.5 Å². The normalized spacial score (nSPS) is 18.9. The summed E-state index contributed by atoms with van der Waals surface area (Å²) < 4.78 is 25.3. The maximum Gasteiger partial charge on any atom is 0.320 e. The van der Waals surface area contributed by atoms with Crippen LogP contribution in [0, 0.1) is 0 Å². The van der Waals surface area contributed by atoms with Crippen molar-refractivity contribution < 1.29 is 28.5 Å². The van der Waals surface area contributed by atoms with E-state index in [0.29, 0.717) is 49.3 Å². The van der Waals surface area contributed by atoms with Crippen molar-refractivity contribution >= 4 is 23.5 Å². The summed E-state index contributed by atoms with van der Waals surface area (Å²) in [6.07, 6.45) is 1.03. The second-order valence-electron chi connectivity index (χ2n) is 9.76. The molecule has 2 aliphatic rings. The number of hydrogen-bond acceptors (Lipinski definition) is 7. The maximum atomic E-state index is 13.6. The van der Waals surface area contributed by atoms with Gasteiger partial charge in [0.2, 0.25) is 5.91 Å². The SMILES string of the molecule is CCOC(=O)CN1CCN(C(=O)C[C@@H]2O[C@@H](c3cccc(OC)c3OC)c3cc(Cl)ccc3-n3cccc32)CC1. The number of methoxy groups -OCH3 is 2. The number of hydrogen-bond donors (Lipinski definition) is 0. The highest BCUT2D eigenvalue weighted by atomic mass is 35.5. The van der Waals surface area contributed by atoms with Gasteiger partial charge in [-0.05, 0) is 43.3 Å². The van der Waals surface area contributed by atoms with Crippen LogP contribution in [-0.4, -0.2) is 79.8 Å². The quantitative estimate of drug-likeness (QED) is 0.373. The number of carbonyl (C=O) groups is 2. The molecule has 0 unspecified atom stereocenters. The summed E-state index contributed by atoms with van der Waals surface area (Å²) in [5.74, 6) is 0.905. The summed E-state index contributed by atoms with van der Waals surface area (Å²) in [4.78, 5) is 29.3. The van der Waals surface area contributed by atoms with Gasteiger partial charge in [-0.15, -0.1) is 0 Å². The Labute approximate surface area is 239 Å². The Balaban J connectivity index is 1.43. The predicted octanol–water partition coefficient (Wildman–Crippen LogP) is 4.41. The molecule has 0 radical (unpaired) electrons. The van der Waals surface area contributed by atoms with Crippen LogP contribution in [0.4, 0.5) is 0 Å². The van der Waals surface area contributed by atoms with Gasteiger partial charge in [0.1, 0.15) is 12.2 Å². The number of fused-ring (bicyclic) bond motifs is 3. The summed E-state index contributed by atoms with van der Waals surface area (Å²) in [6, 6.07) is 15.3. The first-order valence-corrected chi connectivity index (χ1v) is 13.8. The van der Waals surface area contributed by atoms with Gasteiger partial charge >= 0.3 is 5.97 Å². The number of esters is 1. The summed E-state index contributed by atoms with van der Waals surface area (Å²) in [5.41, 5.74) is 3.43. The van der Waals surface area contributed by atoms with Gasteiger partial charge in [-0.1, -0.05) is 23.7 Å². The fraction of sp³-hybridized carbons (Fsp3) is 0.400. The fourth-order valence-electron chi connectivity index (χ4n) is 5.48. The Morgan fingerprint density at radius 2 is 1.80 bits per heavy atom. The van der Waals surface area contributed by atoms with E-state index in [-0.39, 0.29) is 24.8 Å². The van der Waals surface area contributed by atoms with E-state index in [2.05, 4.69) is 4.57 Å². The fourth-order valence-corrected chi connectivity index (χ4v) is 5.66. The molecule has 40 heavy (non-hydrogen) atoms. The molecule has 3 heterocycles. The van der Waals surface area contributed by atoms with Crippen LogP contribution < -0.4 is 9.47 Å². The van der Waals surface area contributed by atoms with Crippen LogP contribution in [0.25, 0.3) is 5.69 Å². The molecule has 1 saturated heterocycles. The average molecular weight is 568 g/mol. The Morgan fingerprint density at radius 3 is 2.52 bits per heavy atom. The summed E-state index contributed by atoms with van der Waals surface area (Å²) in [7, 11) is 3.20. The van der Waals surface area contributed by atoms with E-state index in [1.165, 1.54) is 0 Å². The lowest BCUT2D eigenvalue weighted by Gasteiger charge is -2.35. The van der Waals surface area contributed by atoms with E-state index in [9.17, 15) is 9.59 Å². The molecule has 1 fully saturated rings. The monoisotopic (exact) mass is 567 g/mol. The van der Waals surface area contributed by atoms with E-state index in [1.54, 1.807) is 21.1 Å². The van der Waals surface area contributed by atoms with Gasteiger partial charge < -0.3 is 28.4 Å². The molecule has 3 aromatic rings. The van der Waals surface area contributed by atoms with Crippen LogP contribution >= 0.6 is 11.6 Å². The van der Waals surface area contributed by atoms with Gasteiger partial charge in [-0.2, -0.15) is 0 Å². The maximum absolute atomic E-state index is 13.6. The lowest BCUT2D eigenvalue weighted by atomic mass is 9.98. The van der Waals surface area contributed by atoms with Crippen LogP contribution in [0.15, 0.2) is 54.7 Å². The molecule has 9 nitrogen and oxygen atoms in total. The molecule has 2 atom stereocenters. The second-order valence-corrected chi connectivity index (χ2v) is 10.2. The predicted molar refractivity (Wildman–Crippen MR) is 150 cm³/mol. The minimum atomic E-state index is -0.571. The Morgan fingerprint density at radius 1 is 1.00 bits per heavy atom. The zero-order valence-corrected chi connectivity index (χ0v) is 23.7. The third kappa shape index (κ3) is 5.68. The third-order valence-electron chi connectivity index (χ3n) is 7.40. The van der Waals surface area contributed by atoms with Crippen LogP contribution in [0.5, 0.6) is 11.5 Å². The Hall–Kier alpha value is -3.53. The molecular formula is C30H34ClN3O6. The lowest BCUT2D eigenvalue weighted by Crippen LogP contribution is -2.50. The summed E-state index contributed by atoms with van der Waals surface area (Å²) in [5, 5.41) is 0.582. The molecule has 5 rings (SSSR count). The van der Waals surface area contributed by atoms with Crippen molar-refractivity contribution in [3.05, 3.63) is 76.6 Å². The zero-order chi connectivity index (χ0) is 28.2. The highest BCUT2D eigenvalue weighted by molar-refractivity contribution is 6.30. The Bertz CT molecular complexity index is 1370. The topological polar surface area (TPSA) is 82.5 Å². The first-order chi connectivity index (χ1) is 19.4. The third-order valence-corrected chi connectivity index (χ3v) is 7.64. The minimum Gasteiger partial charge on any atom is -0.493 e. The molecular weight excluding hydrogens is 534 g/mol. The minimum absolute atomic E-state index is 0.00567. The van der Waals surface area contributed by atoms with Crippen molar-refractivity contribution in [1.82, 2.24) is 14.4 Å². The van der Waals surface area contributed by atoms with Crippen molar-refractivity contribution in [3.63, 3.8) is 0 Å². The smallest absolute Gasteiger partial charge is 0.320 e. The number of ether oxygens (including phenoxy) is 4. The zero-order valence-electron chi connectivity index (χ0n) is 23.0. The van der Waals surface area contributed by atoms with E-state index in [0.717, 1.165) is 22.5 Å². The summed E-state index contributed by atoms with van der Waals surface area (Å²) in [6.45, 7) is 4.69. The van der Waals surface area contributed by atoms with Gasteiger partial charge in [0.15, 0.2) is 11.5 Å². The van der Waals surface area contributed by atoms with Crippen molar-refractivity contribution in [1.29, 1.82) is 0 Å².